The first-order valence-electron chi connectivity index (χ1n) is 9.57. The van der Waals surface area contributed by atoms with Crippen molar-refractivity contribution >= 4 is 23.2 Å². The predicted molar refractivity (Wildman–Crippen MR) is 119 cm³/mol. The molecule has 0 atom stereocenters. The molecule has 8 heteroatoms. The van der Waals surface area contributed by atoms with Crippen LogP contribution in [0.4, 0.5) is 5.69 Å². The third-order valence-electron chi connectivity index (χ3n) is 4.86. The zero-order valence-electron chi connectivity index (χ0n) is 16.9. The first-order valence-corrected chi connectivity index (χ1v) is 9.94. The average Bonchev–Trinajstić information content (AvgIpc) is 3.23. The van der Waals surface area contributed by atoms with Crippen molar-refractivity contribution in [3.63, 3.8) is 0 Å². The van der Waals surface area contributed by atoms with Gasteiger partial charge in [-0.05, 0) is 67.4 Å². The Bertz CT molecular complexity index is 1310. The zero-order chi connectivity index (χ0) is 22.0. The van der Waals surface area contributed by atoms with Crippen LogP contribution < -0.4 is 10.9 Å². The normalized spacial score (nSPS) is 10.8. The van der Waals surface area contributed by atoms with Crippen LogP contribution >= 0.6 is 11.6 Å². The Morgan fingerprint density at radius 2 is 1.77 bits per heavy atom. The van der Waals surface area contributed by atoms with Crippen LogP contribution in [0.1, 0.15) is 11.1 Å². The summed E-state index contributed by atoms with van der Waals surface area (Å²) in [6, 6.07) is 15.7. The zero-order valence-corrected chi connectivity index (χ0v) is 17.7. The van der Waals surface area contributed by atoms with Gasteiger partial charge in [0.15, 0.2) is 0 Å². The van der Waals surface area contributed by atoms with Crippen molar-refractivity contribution in [2.45, 2.75) is 20.4 Å². The lowest BCUT2D eigenvalue weighted by Crippen LogP contribution is -2.26. The molecule has 2 aromatic heterocycles. The number of amides is 1. The Balaban J connectivity index is 1.53. The molecule has 0 unspecified atom stereocenters. The molecule has 0 aliphatic carbocycles. The minimum atomic E-state index is -0.310. The predicted octanol–water partition coefficient (Wildman–Crippen LogP) is 4.47. The number of nitrogens with zero attached hydrogens (tertiary/aromatic N) is 3. The van der Waals surface area contributed by atoms with Crippen LogP contribution in [0.2, 0.25) is 5.02 Å². The van der Waals surface area contributed by atoms with Crippen LogP contribution in [0.3, 0.4) is 0 Å². The van der Waals surface area contributed by atoms with Crippen LogP contribution in [0.25, 0.3) is 22.8 Å². The summed E-state index contributed by atoms with van der Waals surface area (Å²) >= 11 is 5.91. The SMILES string of the molecule is Cc1ccc(NC(=O)Cn2cc(-c3nc(-c4ccc(Cl)cc4)no3)ccc2=O)cc1C. The molecule has 0 radical (unpaired) electrons. The van der Waals surface area contributed by atoms with Gasteiger partial charge in [0, 0.05) is 28.5 Å². The van der Waals surface area contributed by atoms with Gasteiger partial charge in [-0.3, -0.25) is 9.59 Å². The van der Waals surface area contributed by atoms with E-state index in [9.17, 15) is 9.59 Å². The number of aromatic nitrogens is 3. The van der Waals surface area contributed by atoms with E-state index in [1.165, 1.54) is 16.8 Å². The van der Waals surface area contributed by atoms with E-state index < -0.39 is 0 Å². The number of carbonyl (C=O) groups excluding carboxylic acids is 1. The molecule has 1 N–H and O–H groups in total. The number of halogens is 1. The highest BCUT2D eigenvalue weighted by Crippen LogP contribution is 2.23. The first kappa shape index (κ1) is 20.6. The summed E-state index contributed by atoms with van der Waals surface area (Å²) < 4.78 is 6.65. The molecule has 0 saturated carbocycles. The van der Waals surface area contributed by atoms with Gasteiger partial charge in [-0.1, -0.05) is 22.8 Å². The maximum absolute atomic E-state index is 12.5. The molecule has 156 valence electrons. The summed E-state index contributed by atoms with van der Waals surface area (Å²) in [7, 11) is 0. The van der Waals surface area contributed by atoms with Gasteiger partial charge in [0.2, 0.25) is 11.7 Å². The Hall–Kier alpha value is -3.71. The molecule has 0 spiro atoms. The quantitative estimate of drug-likeness (QED) is 0.500. The van der Waals surface area contributed by atoms with Crippen molar-refractivity contribution in [2.24, 2.45) is 0 Å². The Kier molecular flexibility index (Phi) is 5.68. The molecular weight excluding hydrogens is 416 g/mol. The number of carbonyl (C=O) groups is 1. The Morgan fingerprint density at radius 3 is 2.52 bits per heavy atom. The highest BCUT2D eigenvalue weighted by molar-refractivity contribution is 6.30. The fraction of sp³-hybridized carbons (Fsp3) is 0.130. The number of rotatable bonds is 5. The van der Waals surface area contributed by atoms with Crippen molar-refractivity contribution in [2.75, 3.05) is 5.32 Å². The molecule has 0 fully saturated rings. The van der Waals surface area contributed by atoms with E-state index in [0.717, 1.165) is 16.7 Å². The van der Waals surface area contributed by atoms with Gasteiger partial charge < -0.3 is 14.4 Å². The minimum Gasteiger partial charge on any atom is -0.334 e. The Morgan fingerprint density at radius 1 is 1.03 bits per heavy atom. The Labute approximate surface area is 183 Å². The molecule has 7 nitrogen and oxygen atoms in total. The van der Waals surface area contributed by atoms with Gasteiger partial charge in [0.1, 0.15) is 6.54 Å². The molecule has 0 aliphatic heterocycles. The minimum absolute atomic E-state index is 0.141. The fourth-order valence-corrected chi connectivity index (χ4v) is 3.14. The van der Waals surface area contributed by atoms with Gasteiger partial charge in [-0.15, -0.1) is 0 Å². The maximum atomic E-state index is 12.5. The summed E-state index contributed by atoms with van der Waals surface area (Å²) in [5, 5.41) is 7.40. The van der Waals surface area contributed by atoms with E-state index in [2.05, 4.69) is 15.5 Å². The third kappa shape index (κ3) is 4.73. The fourth-order valence-electron chi connectivity index (χ4n) is 3.01. The van der Waals surface area contributed by atoms with Gasteiger partial charge >= 0.3 is 0 Å². The number of pyridine rings is 1. The molecular formula is C23H19ClN4O3. The first-order chi connectivity index (χ1) is 14.9. The second-order valence-corrected chi connectivity index (χ2v) is 7.60. The summed E-state index contributed by atoms with van der Waals surface area (Å²) in [5.74, 6) is 0.333. The second kappa shape index (κ2) is 8.57. The second-order valence-electron chi connectivity index (χ2n) is 7.16. The number of anilines is 1. The molecule has 0 saturated heterocycles. The third-order valence-corrected chi connectivity index (χ3v) is 5.12. The van der Waals surface area contributed by atoms with Crippen molar-refractivity contribution in [1.29, 1.82) is 0 Å². The molecule has 4 aromatic rings. The van der Waals surface area contributed by atoms with Gasteiger partial charge in [0.25, 0.3) is 11.4 Å². The summed E-state index contributed by atoms with van der Waals surface area (Å²) in [6.45, 7) is 3.83. The van der Waals surface area contributed by atoms with Crippen molar-refractivity contribution in [3.05, 3.63) is 87.3 Å². The van der Waals surface area contributed by atoms with Crippen molar-refractivity contribution in [1.82, 2.24) is 14.7 Å². The lowest BCUT2D eigenvalue weighted by molar-refractivity contribution is -0.116. The maximum Gasteiger partial charge on any atom is 0.259 e. The van der Waals surface area contributed by atoms with Crippen LogP contribution in [-0.2, 0) is 11.3 Å². The largest absolute Gasteiger partial charge is 0.334 e. The van der Waals surface area contributed by atoms with Gasteiger partial charge in [0.05, 0.1) is 5.56 Å². The van der Waals surface area contributed by atoms with E-state index in [4.69, 9.17) is 16.1 Å². The summed E-state index contributed by atoms with van der Waals surface area (Å²) in [5.41, 5.74) is 3.87. The molecule has 31 heavy (non-hydrogen) atoms. The van der Waals surface area contributed by atoms with E-state index in [1.54, 1.807) is 30.3 Å². The number of benzene rings is 2. The molecule has 2 aromatic carbocycles. The van der Waals surface area contributed by atoms with Crippen molar-refractivity contribution in [3.8, 4) is 22.8 Å². The van der Waals surface area contributed by atoms with Crippen LogP contribution in [0, 0.1) is 13.8 Å². The van der Waals surface area contributed by atoms with Crippen LogP contribution in [0.5, 0.6) is 0 Å². The van der Waals surface area contributed by atoms with E-state index in [0.29, 0.717) is 22.1 Å². The van der Waals surface area contributed by atoms with Crippen molar-refractivity contribution < 1.29 is 9.32 Å². The number of hydrogen-bond acceptors (Lipinski definition) is 5. The molecule has 0 aliphatic rings. The number of aryl methyl sites for hydroxylation is 2. The lowest BCUT2D eigenvalue weighted by Gasteiger charge is -2.09. The molecule has 2 heterocycles. The van der Waals surface area contributed by atoms with E-state index >= 15 is 0 Å². The van der Waals surface area contributed by atoms with Gasteiger partial charge in [-0.25, -0.2) is 0 Å². The molecule has 1 amide bonds. The van der Waals surface area contributed by atoms with Crippen LogP contribution in [0.15, 0.2) is 70.1 Å². The topological polar surface area (TPSA) is 90.0 Å². The monoisotopic (exact) mass is 434 g/mol. The number of hydrogen-bond donors (Lipinski definition) is 1. The summed E-state index contributed by atoms with van der Waals surface area (Å²) in [6.07, 6.45) is 1.53. The van der Waals surface area contributed by atoms with Gasteiger partial charge in [-0.2, -0.15) is 4.98 Å². The standard InChI is InChI=1S/C23H19ClN4O3/c1-14-3-9-19(11-15(14)2)25-20(29)13-28-12-17(6-10-21(28)30)23-26-22(27-31-23)16-4-7-18(24)8-5-16/h3-12H,13H2,1-2H3,(H,25,29). The molecule has 0 bridgehead atoms. The highest BCUT2D eigenvalue weighted by atomic mass is 35.5. The van der Waals surface area contributed by atoms with Crippen LogP contribution in [-0.4, -0.2) is 20.6 Å². The highest BCUT2D eigenvalue weighted by Gasteiger charge is 2.13. The summed E-state index contributed by atoms with van der Waals surface area (Å²) in [4.78, 5) is 29.1. The van der Waals surface area contributed by atoms with E-state index in [-0.39, 0.29) is 23.9 Å². The molecule has 4 rings (SSSR count). The number of nitrogens with one attached hydrogen (secondary N) is 1. The average molecular weight is 435 g/mol. The smallest absolute Gasteiger partial charge is 0.259 e. The van der Waals surface area contributed by atoms with E-state index in [1.807, 2.05) is 32.0 Å². The lowest BCUT2D eigenvalue weighted by atomic mass is 10.1.